The lowest BCUT2D eigenvalue weighted by atomic mass is 10.00. The van der Waals surface area contributed by atoms with Gasteiger partial charge in [0.2, 0.25) is 0 Å². The first-order valence-electron chi connectivity index (χ1n) is 3.39. The summed E-state index contributed by atoms with van der Waals surface area (Å²) in [5.41, 5.74) is 0. The van der Waals surface area contributed by atoms with Crippen molar-refractivity contribution in [3.05, 3.63) is 0 Å². The first kappa shape index (κ1) is 7.42. The van der Waals surface area contributed by atoms with Crippen LogP contribution in [0.3, 0.4) is 0 Å². The number of hydrogen-bond acceptors (Lipinski definition) is 2. The zero-order valence-corrected chi connectivity index (χ0v) is 6.87. The third-order valence-electron chi connectivity index (χ3n) is 1.75. The summed E-state index contributed by atoms with van der Waals surface area (Å²) in [5.74, 6) is 1.70. The first-order valence-corrected chi connectivity index (χ1v) is 4.37. The molecule has 9 heavy (non-hydrogen) atoms. The normalized spacial score (nSPS) is 33.0. The minimum absolute atomic E-state index is 0.371. The Morgan fingerprint density at radius 3 is 2.56 bits per heavy atom. The Morgan fingerprint density at radius 2 is 2.33 bits per heavy atom. The molecular weight excluding hydrogens is 132 g/mol. The van der Waals surface area contributed by atoms with Gasteiger partial charge in [-0.1, -0.05) is 13.8 Å². The predicted octanol–water partition coefficient (Wildman–Crippen LogP) is 1.51. The average Bonchev–Trinajstić information content (AvgIpc) is 2.10. The van der Waals surface area contributed by atoms with Gasteiger partial charge in [0.15, 0.2) is 0 Å². The number of thioether (sulfide) groups is 1. The van der Waals surface area contributed by atoms with Crippen molar-refractivity contribution in [2.45, 2.75) is 25.0 Å². The van der Waals surface area contributed by atoms with E-state index in [1.54, 1.807) is 0 Å². The van der Waals surface area contributed by atoms with Crippen LogP contribution in [0.25, 0.3) is 0 Å². The fraction of sp³-hybridized carbons (Fsp3) is 1.00. The number of hydrogen-bond donors (Lipinski definition) is 1. The summed E-state index contributed by atoms with van der Waals surface area (Å²) in [6.07, 6.45) is 1.17. The average molecular weight is 146 g/mol. The highest BCUT2D eigenvalue weighted by molar-refractivity contribution is 8.00. The second-order valence-electron chi connectivity index (χ2n) is 3.32. The third kappa shape index (κ3) is 1.87. The molecule has 0 bridgehead atoms. The summed E-state index contributed by atoms with van der Waals surface area (Å²) < 4.78 is 0.424. The van der Waals surface area contributed by atoms with E-state index in [9.17, 15) is 0 Å². The Hall–Kier alpha value is 0.310. The maximum atomic E-state index is 8.78. The van der Waals surface area contributed by atoms with Crippen molar-refractivity contribution in [1.82, 2.24) is 0 Å². The molecular formula is C7H14OS. The number of rotatable bonds is 1. The lowest BCUT2D eigenvalue weighted by molar-refractivity contribution is 0.232. The molecule has 1 rings (SSSR count). The first-order chi connectivity index (χ1) is 4.14. The van der Waals surface area contributed by atoms with Crippen LogP contribution in [-0.4, -0.2) is 22.2 Å². The van der Waals surface area contributed by atoms with Gasteiger partial charge in [0.05, 0.1) is 0 Å². The van der Waals surface area contributed by atoms with Gasteiger partial charge in [0.1, 0.15) is 0 Å². The molecule has 1 heterocycles. The summed E-state index contributed by atoms with van der Waals surface area (Å²) >= 11 is 1.97. The molecule has 1 aliphatic rings. The largest absolute Gasteiger partial charge is 0.396 e. The molecule has 0 aromatic heterocycles. The maximum Gasteiger partial charge on any atom is 0.0467 e. The maximum absolute atomic E-state index is 8.78. The fourth-order valence-corrected chi connectivity index (χ4v) is 2.54. The molecule has 0 saturated carbocycles. The fourth-order valence-electron chi connectivity index (χ4n) is 1.27. The van der Waals surface area contributed by atoms with Crippen molar-refractivity contribution in [3.8, 4) is 0 Å². The second kappa shape index (κ2) is 2.51. The standard InChI is InChI=1S/C7H14OS/c1-7(2)3-6(4-8)5-9-7/h6,8H,3-5H2,1-2H3. The highest BCUT2D eigenvalue weighted by Gasteiger charge is 2.30. The Labute approximate surface area is 60.8 Å². The Bertz CT molecular complexity index is 101. The van der Waals surface area contributed by atoms with Crippen LogP contribution in [0.4, 0.5) is 0 Å². The van der Waals surface area contributed by atoms with Crippen molar-refractivity contribution in [1.29, 1.82) is 0 Å². The van der Waals surface area contributed by atoms with Crippen LogP contribution in [0, 0.1) is 5.92 Å². The molecule has 1 N–H and O–H groups in total. The van der Waals surface area contributed by atoms with Crippen molar-refractivity contribution in [3.63, 3.8) is 0 Å². The number of aliphatic hydroxyl groups is 1. The van der Waals surface area contributed by atoms with Gasteiger partial charge in [0.25, 0.3) is 0 Å². The molecule has 1 fully saturated rings. The molecule has 0 amide bonds. The summed E-state index contributed by atoms with van der Waals surface area (Å²) in [6.45, 7) is 4.86. The van der Waals surface area contributed by atoms with Gasteiger partial charge in [-0.05, 0) is 18.1 Å². The minimum Gasteiger partial charge on any atom is -0.396 e. The highest BCUT2D eigenvalue weighted by atomic mass is 32.2. The van der Waals surface area contributed by atoms with Crippen LogP contribution < -0.4 is 0 Å². The van der Waals surface area contributed by atoms with E-state index in [4.69, 9.17) is 5.11 Å². The van der Waals surface area contributed by atoms with Gasteiger partial charge in [-0.3, -0.25) is 0 Å². The van der Waals surface area contributed by atoms with Crippen molar-refractivity contribution in [2.75, 3.05) is 12.4 Å². The van der Waals surface area contributed by atoms with Crippen LogP contribution in [-0.2, 0) is 0 Å². The molecule has 2 heteroatoms. The summed E-state index contributed by atoms with van der Waals surface area (Å²) in [7, 11) is 0. The van der Waals surface area contributed by atoms with Crippen molar-refractivity contribution < 1.29 is 5.11 Å². The van der Waals surface area contributed by atoms with Crippen LogP contribution in [0.1, 0.15) is 20.3 Å². The third-order valence-corrected chi connectivity index (χ3v) is 3.33. The Balaban J connectivity index is 2.38. The van der Waals surface area contributed by atoms with Gasteiger partial charge in [-0.2, -0.15) is 11.8 Å². The van der Waals surface area contributed by atoms with E-state index in [0.717, 1.165) is 5.75 Å². The molecule has 1 saturated heterocycles. The molecule has 54 valence electrons. The van der Waals surface area contributed by atoms with Gasteiger partial charge in [-0.15, -0.1) is 0 Å². The van der Waals surface area contributed by atoms with E-state index in [0.29, 0.717) is 17.3 Å². The smallest absolute Gasteiger partial charge is 0.0467 e. The molecule has 0 aromatic rings. The topological polar surface area (TPSA) is 20.2 Å². The molecule has 1 atom stereocenters. The summed E-state index contributed by atoms with van der Waals surface area (Å²) in [5, 5.41) is 8.78. The monoisotopic (exact) mass is 146 g/mol. The van der Waals surface area contributed by atoms with E-state index >= 15 is 0 Å². The molecule has 1 unspecified atom stereocenters. The molecule has 0 aromatic carbocycles. The zero-order chi connectivity index (χ0) is 6.91. The van der Waals surface area contributed by atoms with E-state index in [1.807, 2.05) is 11.8 Å². The van der Waals surface area contributed by atoms with Crippen molar-refractivity contribution in [2.24, 2.45) is 5.92 Å². The SMILES string of the molecule is CC1(C)CC(CO)CS1. The van der Waals surface area contributed by atoms with E-state index in [2.05, 4.69) is 13.8 Å². The van der Waals surface area contributed by atoms with E-state index in [1.165, 1.54) is 6.42 Å². The van der Waals surface area contributed by atoms with Crippen LogP contribution >= 0.6 is 11.8 Å². The molecule has 0 radical (unpaired) electrons. The Morgan fingerprint density at radius 1 is 1.67 bits per heavy atom. The van der Waals surface area contributed by atoms with Crippen LogP contribution in [0.5, 0.6) is 0 Å². The van der Waals surface area contributed by atoms with E-state index in [-0.39, 0.29) is 0 Å². The van der Waals surface area contributed by atoms with Gasteiger partial charge in [-0.25, -0.2) is 0 Å². The van der Waals surface area contributed by atoms with Crippen LogP contribution in [0.15, 0.2) is 0 Å². The Kier molecular flexibility index (Phi) is 2.07. The van der Waals surface area contributed by atoms with Gasteiger partial charge >= 0.3 is 0 Å². The molecule has 0 aliphatic carbocycles. The van der Waals surface area contributed by atoms with E-state index < -0.39 is 0 Å². The highest BCUT2D eigenvalue weighted by Crippen LogP contribution is 2.40. The van der Waals surface area contributed by atoms with Crippen molar-refractivity contribution >= 4 is 11.8 Å². The summed E-state index contributed by atoms with van der Waals surface area (Å²) in [4.78, 5) is 0. The van der Waals surface area contributed by atoms with Gasteiger partial charge in [0, 0.05) is 11.4 Å². The number of aliphatic hydroxyl groups excluding tert-OH is 1. The predicted molar refractivity (Wildman–Crippen MR) is 41.7 cm³/mol. The quantitative estimate of drug-likeness (QED) is 0.605. The lowest BCUT2D eigenvalue weighted by Gasteiger charge is -2.14. The molecule has 1 aliphatic heterocycles. The zero-order valence-electron chi connectivity index (χ0n) is 6.05. The lowest BCUT2D eigenvalue weighted by Crippen LogP contribution is -2.12. The van der Waals surface area contributed by atoms with Crippen LogP contribution in [0.2, 0.25) is 0 Å². The molecule has 0 spiro atoms. The second-order valence-corrected chi connectivity index (χ2v) is 5.05. The van der Waals surface area contributed by atoms with Gasteiger partial charge < -0.3 is 5.11 Å². The minimum atomic E-state index is 0.371. The molecule has 1 nitrogen and oxygen atoms in total. The summed E-state index contributed by atoms with van der Waals surface area (Å²) in [6, 6.07) is 0.